The fourth-order valence-corrected chi connectivity index (χ4v) is 5.93. The summed E-state index contributed by atoms with van der Waals surface area (Å²) in [4.78, 5) is 30.0. The fourth-order valence-electron chi connectivity index (χ4n) is 4.61. The highest BCUT2D eigenvalue weighted by molar-refractivity contribution is 7.17. The number of benzene rings is 1. The van der Waals surface area contributed by atoms with Crippen molar-refractivity contribution in [3.63, 3.8) is 0 Å². The van der Waals surface area contributed by atoms with Gasteiger partial charge in [0, 0.05) is 23.5 Å². The van der Waals surface area contributed by atoms with Gasteiger partial charge in [0.15, 0.2) is 0 Å². The van der Waals surface area contributed by atoms with Gasteiger partial charge in [-0.05, 0) is 68.1 Å². The lowest BCUT2D eigenvalue weighted by Gasteiger charge is -2.34. The first-order valence-electron chi connectivity index (χ1n) is 12.0. The van der Waals surface area contributed by atoms with Gasteiger partial charge in [-0.15, -0.1) is 11.3 Å². The Morgan fingerprint density at radius 2 is 1.84 bits per heavy atom. The summed E-state index contributed by atoms with van der Waals surface area (Å²) in [6.45, 7) is 14.6. The van der Waals surface area contributed by atoms with Gasteiger partial charge in [-0.3, -0.25) is 9.59 Å². The van der Waals surface area contributed by atoms with Crippen molar-refractivity contribution in [1.29, 1.82) is 0 Å². The van der Waals surface area contributed by atoms with Crippen LogP contribution in [0.5, 0.6) is 0 Å². The molecule has 32 heavy (non-hydrogen) atoms. The number of thiophene rings is 1. The van der Waals surface area contributed by atoms with E-state index in [1.807, 2.05) is 36.1 Å². The third kappa shape index (κ3) is 5.43. The second-order valence-corrected chi connectivity index (χ2v) is 11.2. The molecule has 5 heteroatoms. The highest BCUT2D eigenvalue weighted by Crippen LogP contribution is 2.44. The topological polar surface area (TPSA) is 49.4 Å². The molecule has 2 aromatic rings. The minimum atomic E-state index is -0.147. The van der Waals surface area contributed by atoms with Gasteiger partial charge in [0.1, 0.15) is 5.00 Å². The molecular weight excluding hydrogens is 416 g/mol. The summed E-state index contributed by atoms with van der Waals surface area (Å²) < 4.78 is 0. The number of fused-ring (bicyclic) bond motifs is 1. The third-order valence-corrected chi connectivity index (χ3v) is 7.66. The zero-order valence-corrected chi connectivity index (χ0v) is 21.3. The summed E-state index contributed by atoms with van der Waals surface area (Å²) in [6.07, 6.45) is 4.82. The Morgan fingerprint density at radius 3 is 2.44 bits per heavy atom. The zero-order valence-electron chi connectivity index (χ0n) is 20.5. The van der Waals surface area contributed by atoms with Gasteiger partial charge >= 0.3 is 0 Å². The normalized spacial score (nSPS) is 15.9. The van der Waals surface area contributed by atoms with E-state index in [-0.39, 0.29) is 17.2 Å². The average Bonchev–Trinajstić information content (AvgIpc) is 3.09. The number of aryl methyl sites for hydroxylation is 1. The van der Waals surface area contributed by atoms with Gasteiger partial charge in [-0.25, -0.2) is 0 Å². The number of amides is 2. The van der Waals surface area contributed by atoms with Crippen molar-refractivity contribution in [2.75, 3.05) is 18.4 Å². The molecule has 3 rings (SSSR count). The predicted molar refractivity (Wildman–Crippen MR) is 135 cm³/mol. The monoisotopic (exact) mass is 454 g/mol. The van der Waals surface area contributed by atoms with Crippen LogP contribution in [0.1, 0.15) is 90.6 Å². The van der Waals surface area contributed by atoms with E-state index < -0.39 is 0 Å². The molecule has 0 radical (unpaired) electrons. The van der Waals surface area contributed by atoms with Gasteiger partial charge in [-0.2, -0.15) is 0 Å². The summed E-state index contributed by atoms with van der Waals surface area (Å²) >= 11 is 1.61. The van der Waals surface area contributed by atoms with E-state index >= 15 is 0 Å². The highest BCUT2D eigenvalue weighted by atomic mass is 32.1. The number of nitrogens with zero attached hydrogens (tertiary/aromatic N) is 1. The van der Waals surface area contributed by atoms with Gasteiger partial charge in [0.2, 0.25) is 0 Å². The van der Waals surface area contributed by atoms with E-state index in [0.29, 0.717) is 11.5 Å². The van der Waals surface area contributed by atoms with Crippen LogP contribution >= 0.6 is 11.3 Å². The summed E-state index contributed by atoms with van der Waals surface area (Å²) in [6, 6.07) is 7.59. The SMILES string of the molecule is CCCN(CCC)C(=O)c1c(NC(=O)c2cccc(C)c2)sc2c1CCC(C(C)(C)C)C2. The van der Waals surface area contributed by atoms with E-state index in [2.05, 4.69) is 39.9 Å². The molecule has 174 valence electrons. The fraction of sp³-hybridized carbons (Fsp3) is 0.556. The maximum atomic E-state index is 13.7. The van der Waals surface area contributed by atoms with Crippen LogP contribution in [0.15, 0.2) is 24.3 Å². The number of hydrogen-bond acceptors (Lipinski definition) is 3. The summed E-state index contributed by atoms with van der Waals surface area (Å²) in [5, 5.41) is 3.84. The number of rotatable bonds is 7. The van der Waals surface area contributed by atoms with Crippen LogP contribution in [0.25, 0.3) is 0 Å². The van der Waals surface area contributed by atoms with Crippen molar-refractivity contribution in [2.45, 2.75) is 73.6 Å². The molecule has 1 N–H and O–H groups in total. The van der Waals surface area contributed by atoms with Crippen LogP contribution in [0, 0.1) is 18.3 Å². The largest absolute Gasteiger partial charge is 0.339 e. The Morgan fingerprint density at radius 1 is 1.16 bits per heavy atom. The molecule has 1 unspecified atom stereocenters. The van der Waals surface area contributed by atoms with Crippen molar-refractivity contribution in [1.82, 2.24) is 4.90 Å². The van der Waals surface area contributed by atoms with E-state index in [1.165, 1.54) is 4.88 Å². The molecule has 0 spiro atoms. The van der Waals surface area contributed by atoms with Crippen LogP contribution in [0.3, 0.4) is 0 Å². The van der Waals surface area contributed by atoms with Gasteiger partial charge in [-0.1, -0.05) is 52.3 Å². The molecule has 0 bridgehead atoms. The van der Waals surface area contributed by atoms with Crippen molar-refractivity contribution in [3.8, 4) is 0 Å². The molecule has 0 saturated carbocycles. The standard InChI is InChI=1S/C27H38N2O2S/c1-7-14-29(15-8-2)26(31)23-21-13-12-20(27(4,5)6)17-22(21)32-25(23)28-24(30)19-11-9-10-18(3)16-19/h9-11,16,20H,7-8,12-15,17H2,1-6H3,(H,28,30). The Hall–Kier alpha value is -2.14. The Balaban J connectivity index is 2.00. The van der Waals surface area contributed by atoms with Crippen molar-refractivity contribution < 1.29 is 9.59 Å². The molecule has 0 fully saturated rings. The van der Waals surface area contributed by atoms with Gasteiger partial charge in [0.25, 0.3) is 11.8 Å². The first-order valence-corrected chi connectivity index (χ1v) is 12.8. The lowest BCUT2D eigenvalue weighted by atomic mass is 9.72. The molecular formula is C27H38N2O2S. The van der Waals surface area contributed by atoms with Crippen LogP contribution in [0.4, 0.5) is 5.00 Å². The average molecular weight is 455 g/mol. The van der Waals surface area contributed by atoms with E-state index in [1.54, 1.807) is 11.3 Å². The van der Waals surface area contributed by atoms with E-state index in [9.17, 15) is 9.59 Å². The van der Waals surface area contributed by atoms with Gasteiger partial charge < -0.3 is 10.2 Å². The second kappa shape index (κ2) is 10.2. The molecule has 1 aliphatic rings. The molecule has 1 aliphatic carbocycles. The van der Waals surface area contributed by atoms with Crippen LogP contribution in [-0.2, 0) is 12.8 Å². The molecule has 1 aromatic heterocycles. The minimum Gasteiger partial charge on any atom is -0.339 e. The van der Waals surface area contributed by atoms with Crippen molar-refractivity contribution >= 4 is 28.2 Å². The number of hydrogen-bond donors (Lipinski definition) is 1. The smallest absolute Gasteiger partial charge is 0.257 e. The van der Waals surface area contributed by atoms with E-state index in [0.717, 1.165) is 66.9 Å². The van der Waals surface area contributed by atoms with Crippen LogP contribution in [-0.4, -0.2) is 29.8 Å². The highest BCUT2D eigenvalue weighted by Gasteiger charge is 2.35. The molecule has 1 heterocycles. The second-order valence-electron chi connectivity index (χ2n) is 10.1. The molecule has 4 nitrogen and oxygen atoms in total. The number of carbonyl (C=O) groups excluding carboxylic acids is 2. The lowest BCUT2D eigenvalue weighted by Crippen LogP contribution is -2.34. The minimum absolute atomic E-state index is 0.0694. The quantitative estimate of drug-likeness (QED) is 0.505. The summed E-state index contributed by atoms with van der Waals surface area (Å²) in [7, 11) is 0. The predicted octanol–water partition coefficient (Wildman–Crippen LogP) is 6.72. The van der Waals surface area contributed by atoms with Crippen LogP contribution < -0.4 is 5.32 Å². The van der Waals surface area contributed by atoms with E-state index in [4.69, 9.17) is 0 Å². The lowest BCUT2D eigenvalue weighted by molar-refractivity contribution is 0.0755. The molecule has 2 amide bonds. The first-order chi connectivity index (χ1) is 15.2. The van der Waals surface area contributed by atoms with Crippen LogP contribution in [0.2, 0.25) is 0 Å². The number of anilines is 1. The van der Waals surface area contributed by atoms with Gasteiger partial charge in [0.05, 0.1) is 5.56 Å². The van der Waals surface area contributed by atoms with Crippen molar-refractivity contribution in [3.05, 3.63) is 51.4 Å². The Labute approximate surface area is 197 Å². The summed E-state index contributed by atoms with van der Waals surface area (Å²) in [5.74, 6) is 0.505. The Bertz CT molecular complexity index is 965. The molecule has 1 atom stereocenters. The molecule has 1 aromatic carbocycles. The summed E-state index contributed by atoms with van der Waals surface area (Å²) in [5.41, 5.74) is 3.80. The first kappa shape index (κ1) is 24.5. The number of nitrogens with one attached hydrogen (secondary N) is 1. The van der Waals surface area contributed by atoms with Crippen molar-refractivity contribution in [2.24, 2.45) is 11.3 Å². The maximum absolute atomic E-state index is 13.7. The molecule has 0 aliphatic heterocycles. The zero-order chi connectivity index (χ0) is 23.5. The Kier molecular flexibility index (Phi) is 7.81. The maximum Gasteiger partial charge on any atom is 0.257 e. The molecule has 0 saturated heterocycles. The third-order valence-electron chi connectivity index (χ3n) is 6.49. The number of carbonyl (C=O) groups is 2.